The summed E-state index contributed by atoms with van der Waals surface area (Å²) in [5.41, 5.74) is -0.223. The number of nitrogens with one attached hydrogen (secondary N) is 2. The lowest BCUT2D eigenvalue weighted by Crippen LogP contribution is -2.49. The van der Waals surface area contributed by atoms with E-state index in [-0.39, 0.29) is 5.91 Å². The molecular weight excluding hydrogens is 216 g/mol. The second-order valence-corrected chi connectivity index (χ2v) is 4.82. The molecule has 17 heavy (non-hydrogen) atoms. The lowest BCUT2D eigenvalue weighted by molar-refractivity contribution is 0.0894. The largest absolute Gasteiger partial charge is 0.334 e. The lowest BCUT2D eigenvalue weighted by atomic mass is 9.78. The molecule has 1 aliphatic carbocycles. The van der Waals surface area contributed by atoms with Gasteiger partial charge >= 0.3 is 0 Å². The van der Waals surface area contributed by atoms with Crippen molar-refractivity contribution < 1.29 is 4.79 Å². The molecule has 0 saturated heterocycles. The van der Waals surface area contributed by atoms with Gasteiger partial charge in [-0.05, 0) is 31.6 Å². The van der Waals surface area contributed by atoms with E-state index in [1.807, 2.05) is 0 Å². The van der Waals surface area contributed by atoms with Crippen LogP contribution >= 0.6 is 0 Å². The molecule has 1 saturated carbocycles. The van der Waals surface area contributed by atoms with Crippen LogP contribution in [0.1, 0.15) is 43.0 Å². The number of H-pyrrole nitrogens is 1. The highest BCUT2D eigenvalue weighted by Gasteiger charge is 2.35. The van der Waals surface area contributed by atoms with Gasteiger partial charge in [0, 0.05) is 6.20 Å². The zero-order valence-electron chi connectivity index (χ0n) is 9.86. The van der Waals surface area contributed by atoms with Gasteiger partial charge in [0.2, 0.25) is 0 Å². The molecule has 0 spiro atoms. The highest BCUT2D eigenvalue weighted by molar-refractivity contribution is 5.94. The summed E-state index contributed by atoms with van der Waals surface area (Å²) in [7, 11) is 0. The van der Waals surface area contributed by atoms with Gasteiger partial charge in [0.15, 0.2) is 0 Å². The Kier molecular flexibility index (Phi) is 3.14. The summed E-state index contributed by atoms with van der Waals surface area (Å²) in [5.74, 6) is 0.414. The molecule has 1 aromatic heterocycles. The normalized spacial score (nSPS) is 28.4. The molecule has 90 valence electrons. The molecule has 0 atom stereocenters. The topological polar surface area (TPSA) is 81.6 Å². The predicted octanol–water partition coefficient (Wildman–Crippen LogP) is 1.61. The van der Waals surface area contributed by atoms with Crippen LogP contribution in [0.3, 0.4) is 0 Å². The summed E-state index contributed by atoms with van der Waals surface area (Å²) in [6.45, 7) is 2.18. The van der Waals surface area contributed by atoms with Crippen LogP contribution in [-0.4, -0.2) is 21.6 Å². The zero-order chi connectivity index (χ0) is 12.3. The fourth-order valence-electron chi connectivity index (χ4n) is 2.18. The maximum Gasteiger partial charge on any atom is 0.255 e. The Morgan fingerprint density at radius 3 is 2.88 bits per heavy atom. The van der Waals surface area contributed by atoms with Crippen LogP contribution in [-0.2, 0) is 0 Å². The minimum atomic E-state index is -0.694. The quantitative estimate of drug-likeness (QED) is 0.812. The molecule has 1 aliphatic rings. The fourth-order valence-corrected chi connectivity index (χ4v) is 2.18. The summed E-state index contributed by atoms with van der Waals surface area (Å²) >= 11 is 0. The van der Waals surface area contributed by atoms with Crippen molar-refractivity contribution in [1.29, 1.82) is 5.26 Å². The molecule has 0 unspecified atom stereocenters. The van der Waals surface area contributed by atoms with Crippen LogP contribution in [0.15, 0.2) is 12.4 Å². The molecule has 1 fully saturated rings. The minimum Gasteiger partial charge on any atom is -0.334 e. The van der Waals surface area contributed by atoms with Gasteiger partial charge < -0.3 is 5.32 Å². The van der Waals surface area contributed by atoms with Crippen LogP contribution in [0.5, 0.6) is 0 Å². The molecule has 0 bridgehead atoms. The summed E-state index contributed by atoms with van der Waals surface area (Å²) in [4.78, 5) is 11.9. The van der Waals surface area contributed by atoms with Crippen LogP contribution in [0.2, 0.25) is 0 Å². The number of aromatic nitrogens is 2. The van der Waals surface area contributed by atoms with Gasteiger partial charge in [-0.1, -0.05) is 6.92 Å². The van der Waals surface area contributed by atoms with E-state index in [2.05, 4.69) is 28.5 Å². The lowest BCUT2D eigenvalue weighted by Gasteiger charge is -2.34. The van der Waals surface area contributed by atoms with E-state index >= 15 is 0 Å². The van der Waals surface area contributed by atoms with Gasteiger partial charge in [0.25, 0.3) is 5.91 Å². The van der Waals surface area contributed by atoms with Gasteiger partial charge in [0.1, 0.15) is 5.54 Å². The number of hydrogen-bond donors (Lipinski definition) is 2. The Labute approximate surface area is 100 Å². The van der Waals surface area contributed by atoms with Gasteiger partial charge in [-0.3, -0.25) is 9.89 Å². The second-order valence-electron chi connectivity index (χ2n) is 4.82. The van der Waals surface area contributed by atoms with E-state index in [0.717, 1.165) is 25.7 Å². The first-order chi connectivity index (χ1) is 8.15. The van der Waals surface area contributed by atoms with Crippen molar-refractivity contribution in [1.82, 2.24) is 15.5 Å². The Morgan fingerprint density at radius 1 is 1.65 bits per heavy atom. The highest BCUT2D eigenvalue weighted by Crippen LogP contribution is 2.31. The zero-order valence-corrected chi connectivity index (χ0v) is 9.86. The van der Waals surface area contributed by atoms with Gasteiger partial charge in [-0.15, -0.1) is 0 Å². The third-order valence-corrected chi connectivity index (χ3v) is 3.46. The highest BCUT2D eigenvalue weighted by atomic mass is 16.1. The number of hydrogen-bond acceptors (Lipinski definition) is 3. The third-order valence-electron chi connectivity index (χ3n) is 3.46. The average Bonchev–Trinajstić information content (AvgIpc) is 2.86. The van der Waals surface area contributed by atoms with E-state index in [0.29, 0.717) is 11.5 Å². The molecule has 5 heteroatoms. The summed E-state index contributed by atoms with van der Waals surface area (Å²) < 4.78 is 0. The fraction of sp³-hybridized carbons (Fsp3) is 0.583. The number of amides is 1. The van der Waals surface area contributed by atoms with E-state index in [1.165, 1.54) is 12.4 Å². The molecular formula is C12H16N4O. The Bertz CT molecular complexity index is 424. The molecule has 1 heterocycles. The monoisotopic (exact) mass is 232 g/mol. The van der Waals surface area contributed by atoms with Crippen LogP contribution in [0.4, 0.5) is 0 Å². The van der Waals surface area contributed by atoms with E-state index < -0.39 is 5.54 Å². The van der Waals surface area contributed by atoms with E-state index in [1.54, 1.807) is 0 Å². The Balaban J connectivity index is 2.06. The molecule has 0 aliphatic heterocycles. The molecule has 2 N–H and O–H groups in total. The number of carbonyl (C=O) groups is 1. The summed E-state index contributed by atoms with van der Waals surface area (Å²) in [5, 5.41) is 18.5. The first-order valence-electron chi connectivity index (χ1n) is 5.88. The van der Waals surface area contributed by atoms with Crippen molar-refractivity contribution in [3.05, 3.63) is 18.0 Å². The smallest absolute Gasteiger partial charge is 0.255 e. The predicted molar refractivity (Wildman–Crippen MR) is 62.0 cm³/mol. The first-order valence-corrected chi connectivity index (χ1v) is 5.88. The van der Waals surface area contributed by atoms with Crippen molar-refractivity contribution in [2.45, 2.75) is 38.1 Å². The molecule has 0 radical (unpaired) electrons. The minimum absolute atomic E-state index is 0.227. The molecule has 5 nitrogen and oxygen atoms in total. The Morgan fingerprint density at radius 2 is 2.35 bits per heavy atom. The van der Waals surface area contributed by atoms with E-state index in [4.69, 9.17) is 0 Å². The molecule has 1 amide bonds. The first kappa shape index (κ1) is 11.6. The van der Waals surface area contributed by atoms with Crippen LogP contribution < -0.4 is 5.32 Å². The van der Waals surface area contributed by atoms with Crippen molar-refractivity contribution in [2.24, 2.45) is 5.92 Å². The molecule has 2 rings (SSSR count). The Hall–Kier alpha value is -1.83. The van der Waals surface area contributed by atoms with Crippen molar-refractivity contribution in [2.75, 3.05) is 0 Å². The molecule has 1 aromatic rings. The standard InChI is InChI=1S/C12H16N4O/c1-9-2-4-12(8-13,5-3-9)16-11(17)10-6-14-15-7-10/h6-7,9H,2-5H2,1H3,(H,14,15)(H,16,17). The van der Waals surface area contributed by atoms with E-state index in [9.17, 15) is 10.1 Å². The number of nitriles is 1. The van der Waals surface area contributed by atoms with Crippen molar-refractivity contribution in [3.8, 4) is 6.07 Å². The third kappa shape index (κ3) is 2.47. The van der Waals surface area contributed by atoms with Gasteiger partial charge in [0.05, 0.1) is 17.8 Å². The SMILES string of the molecule is CC1CCC(C#N)(NC(=O)c2cn[nH]c2)CC1. The van der Waals surface area contributed by atoms with Crippen molar-refractivity contribution in [3.63, 3.8) is 0 Å². The summed E-state index contributed by atoms with van der Waals surface area (Å²) in [6.07, 6.45) is 6.43. The van der Waals surface area contributed by atoms with Crippen molar-refractivity contribution >= 4 is 5.91 Å². The maximum absolute atomic E-state index is 11.9. The molecule has 0 aromatic carbocycles. The average molecular weight is 232 g/mol. The second kappa shape index (κ2) is 4.58. The van der Waals surface area contributed by atoms with Crippen LogP contribution in [0, 0.1) is 17.2 Å². The van der Waals surface area contributed by atoms with Gasteiger partial charge in [-0.2, -0.15) is 10.4 Å². The number of carbonyl (C=O) groups excluding carboxylic acids is 1. The number of nitrogens with zero attached hydrogens (tertiary/aromatic N) is 2. The maximum atomic E-state index is 11.9. The van der Waals surface area contributed by atoms with Gasteiger partial charge in [-0.25, -0.2) is 0 Å². The number of rotatable bonds is 2. The summed E-state index contributed by atoms with van der Waals surface area (Å²) in [6, 6.07) is 2.27. The van der Waals surface area contributed by atoms with Crippen LogP contribution in [0.25, 0.3) is 0 Å². The number of aromatic amines is 1.